The van der Waals surface area contributed by atoms with Crippen LogP contribution in [0.4, 0.5) is 5.13 Å². The van der Waals surface area contributed by atoms with Crippen LogP contribution in [0, 0.1) is 0 Å². The summed E-state index contributed by atoms with van der Waals surface area (Å²) in [7, 11) is 3.19. The van der Waals surface area contributed by atoms with Crippen molar-refractivity contribution in [3.05, 3.63) is 47.0 Å². The van der Waals surface area contributed by atoms with E-state index in [0.717, 1.165) is 17.5 Å². The second-order valence-corrected chi connectivity index (χ2v) is 8.09. The number of nitrogens with zero attached hydrogens (tertiary/aromatic N) is 2. The van der Waals surface area contributed by atoms with Crippen LogP contribution in [0.1, 0.15) is 23.2 Å². The molecule has 1 aliphatic heterocycles. The summed E-state index contributed by atoms with van der Waals surface area (Å²) in [4.78, 5) is 19.8. The van der Waals surface area contributed by atoms with Gasteiger partial charge in [0.1, 0.15) is 17.0 Å². The Morgan fingerprint density at radius 1 is 1.24 bits per heavy atom. The molecule has 0 aliphatic carbocycles. The predicted molar refractivity (Wildman–Crippen MR) is 115 cm³/mol. The molecule has 0 saturated carbocycles. The van der Waals surface area contributed by atoms with Crippen molar-refractivity contribution >= 4 is 44.2 Å². The van der Waals surface area contributed by atoms with Crippen molar-refractivity contribution in [2.24, 2.45) is 0 Å². The summed E-state index contributed by atoms with van der Waals surface area (Å²) < 4.78 is 17.2. The third-order valence-corrected chi connectivity index (χ3v) is 6.43. The first kappa shape index (κ1) is 19.9. The lowest BCUT2D eigenvalue weighted by Crippen LogP contribution is -2.37. The molecule has 0 N–H and O–H groups in total. The molecule has 1 unspecified atom stereocenters. The Morgan fingerprint density at radius 2 is 2.03 bits per heavy atom. The lowest BCUT2D eigenvalue weighted by atomic mass is 10.1. The van der Waals surface area contributed by atoms with Gasteiger partial charge in [-0.2, -0.15) is 0 Å². The van der Waals surface area contributed by atoms with Gasteiger partial charge in [0.2, 0.25) is 0 Å². The Balaban J connectivity index is 1.74. The van der Waals surface area contributed by atoms with E-state index in [9.17, 15) is 4.79 Å². The van der Waals surface area contributed by atoms with Gasteiger partial charge in [0.05, 0.1) is 36.6 Å². The van der Waals surface area contributed by atoms with Crippen LogP contribution < -0.4 is 14.4 Å². The van der Waals surface area contributed by atoms with Crippen molar-refractivity contribution in [2.75, 3.05) is 32.3 Å². The summed E-state index contributed by atoms with van der Waals surface area (Å²) in [6.45, 7) is 1.15. The van der Waals surface area contributed by atoms with Gasteiger partial charge in [-0.1, -0.05) is 22.9 Å². The molecule has 3 aromatic rings. The highest BCUT2D eigenvalue weighted by Crippen LogP contribution is 2.39. The van der Waals surface area contributed by atoms with Gasteiger partial charge in [0, 0.05) is 12.2 Å². The van der Waals surface area contributed by atoms with E-state index in [1.54, 1.807) is 55.5 Å². The number of rotatable bonds is 6. The second kappa shape index (κ2) is 8.57. The zero-order valence-electron chi connectivity index (χ0n) is 16.2. The molecule has 152 valence electrons. The van der Waals surface area contributed by atoms with Crippen molar-refractivity contribution in [3.63, 3.8) is 0 Å². The maximum atomic E-state index is 13.4. The van der Waals surface area contributed by atoms with Crippen LogP contribution >= 0.6 is 22.9 Å². The van der Waals surface area contributed by atoms with Crippen LogP contribution in [0.3, 0.4) is 0 Å². The summed E-state index contributed by atoms with van der Waals surface area (Å²) in [5.41, 5.74) is 1.21. The molecule has 1 saturated heterocycles. The van der Waals surface area contributed by atoms with Gasteiger partial charge < -0.3 is 14.2 Å². The highest BCUT2D eigenvalue weighted by atomic mass is 35.5. The largest absolute Gasteiger partial charge is 0.497 e. The van der Waals surface area contributed by atoms with Crippen LogP contribution in [0.25, 0.3) is 10.2 Å². The number of anilines is 1. The monoisotopic (exact) mass is 432 g/mol. The van der Waals surface area contributed by atoms with Crippen molar-refractivity contribution in [3.8, 4) is 11.5 Å². The summed E-state index contributed by atoms with van der Waals surface area (Å²) in [5, 5.41) is 1.15. The molecular weight excluding hydrogens is 412 g/mol. The lowest BCUT2D eigenvalue weighted by Gasteiger charge is -2.23. The third-order valence-electron chi connectivity index (χ3n) is 4.89. The van der Waals surface area contributed by atoms with Gasteiger partial charge in [-0.05, 0) is 49.2 Å². The second-order valence-electron chi connectivity index (χ2n) is 6.70. The Kier molecular flexibility index (Phi) is 5.89. The van der Waals surface area contributed by atoms with Gasteiger partial charge in [0.15, 0.2) is 5.13 Å². The number of hydrogen-bond donors (Lipinski definition) is 0. The van der Waals surface area contributed by atoms with Crippen molar-refractivity contribution in [1.29, 1.82) is 0 Å². The molecule has 1 aromatic heterocycles. The van der Waals surface area contributed by atoms with Gasteiger partial charge in [-0.3, -0.25) is 9.69 Å². The van der Waals surface area contributed by atoms with E-state index < -0.39 is 0 Å². The number of fused-ring (bicyclic) bond motifs is 1. The minimum absolute atomic E-state index is 0.0124. The number of ether oxygens (including phenoxy) is 3. The number of carbonyl (C=O) groups is 1. The smallest absolute Gasteiger partial charge is 0.260 e. The van der Waals surface area contributed by atoms with E-state index in [1.165, 1.54) is 11.3 Å². The summed E-state index contributed by atoms with van der Waals surface area (Å²) in [6.07, 6.45) is 1.90. The van der Waals surface area contributed by atoms with Crippen LogP contribution in [0.2, 0.25) is 5.02 Å². The third kappa shape index (κ3) is 4.03. The first-order valence-electron chi connectivity index (χ1n) is 9.31. The molecule has 8 heteroatoms. The highest BCUT2D eigenvalue weighted by molar-refractivity contribution is 7.23. The number of hydrogen-bond acceptors (Lipinski definition) is 6. The van der Waals surface area contributed by atoms with E-state index in [-0.39, 0.29) is 12.0 Å². The molecule has 6 nitrogen and oxygen atoms in total. The standard InChI is InChI=1S/C21H21ClN2O4S/c1-26-14-7-5-13(6-8-14)20(25)24(12-15-4-3-11-28-15)21-23-18-17(27-2)10-9-16(22)19(18)29-21/h5-10,15H,3-4,11-12H2,1-2H3. The fourth-order valence-corrected chi connectivity index (χ4v) is 4.61. The van der Waals surface area contributed by atoms with Crippen LogP contribution in [-0.4, -0.2) is 44.4 Å². The van der Waals surface area contributed by atoms with Crippen molar-refractivity contribution < 1.29 is 19.0 Å². The van der Waals surface area contributed by atoms with Gasteiger partial charge in [0.25, 0.3) is 5.91 Å². The van der Waals surface area contributed by atoms with Crippen LogP contribution in [0.15, 0.2) is 36.4 Å². The number of methoxy groups -OCH3 is 2. The minimum atomic E-state index is -0.141. The Hall–Kier alpha value is -2.35. The fourth-order valence-electron chi connectivity index (χ4n) is 3.35. The normalized spacial score (nSPS) is 16.2. The molecule has 1 atom stereocenters. The summed E-state index contributed by atoms with van der Waals surface area (Å²) >= 11 is 7.75. The SMILES string of the molecule is COc1ccc(C(=O)N(CC2CCCO2)c2nc3c(OC)ccc(Cl)c3s2)cc1. The minimum Gasteiger partial charge on any atom is -0.497 e. The molecule has 1 aliphatic rings. The number of benzene rings is 2. The average molecular weight is 433 g/mol. The first-order chi connectivity index (χ1) is 14.1. The van der Waals surface area contributed by atoms with E-state index in [2.05, 4.69) is 0 Å². The molecule has 4 rings (SSSR count). The molecule has 1 amide bonds. The molecule has 0 bridgehead atoms. The number of amides is 1. The van der Waals surface area contributed by atoms with Crippen LogP contribution in [-0.2, 0) is 4.74 Å². The molecule has 0 spiro atoms. The number of thiazole rings is 1. The van der Waals surface area contributed by atoms with Gasteiger partial charge >= 0.3 is 0 Å². The first-order valence-corrected chi connectivity index (χ1v) is 10.5. The van der Waals surface area contributed by atoms with E-state index in [0.29, 0.717) is 45.9 Å². The average Bonchev–Trinajstić information content (AvgIpc) is 3.42. The van der Waals surface area contributed by atoms with Crippen molar-refractivity contribution in [2.45, 2.75) is 18.9 Å². The van der Waals surface area contributed by atoms with E-state index >= 15 is 0 Å². The Bertz CT molecular complexity index is 1020. The molecule has 2 aromatic carbocycles. The van der Waals surface area contributed by atoms with E-state index in [1.807, 2.05) is 0 Å². The summed E-state index contributed by atoms with van der Waals surface area (Å²) in [6, 6.07) is 10.6. The lowest BCUT2D eigenvalue weighted by molar-refractivity contribution is 0.0917. The van der Waals surface area contributed by atoms with E-state index in [4.69, 9.17) is 30.8 Å². The Labute approximate surface area is 178 Å². The Morgan fingerprint density at radius 3 is 2.69 bits per heavy atom. The quantitative estimate of drug-likeness (QED) is 0.560. The molecule has 0 radical (unpaired) electrons. The zero-order chi connectivity index (χ0) is 20.4. The maximum absolute atomic E-state index is 13.4. The van der Waals surface area contributed by atoms with Crippen molar-refractivity contribution in [1.82, 2.24) is 4.98 Å². The highest BCUT2D eigenvalue weighted by Gasteiger charge is 2.28. The fraction of sp³-hybridized carbons (Fsp3) is 0.333. The number of aromatic nitrogens is 1. The number of halogens is 1. The summed E-state index contributed by atoms with van der Waals surface area (Å²) in [5.74, 6) is 1.18. The van der Waals surface area contributed by atoms with Gasteiger partial charge in [-0.15, -0.1) is 0 Å². The zero-order valence-corrected chi connectivity index (χ0v) is 17.8. The molecule has 1 fully saturated rings. The maximum Gasteiger partial charge on any atom is 0.260 e. The predicted octanol–water partition coefficient (Wildman–Crippen LogP) is 4.79. The van der Waals surface area contributed by atoms with Crippen LogP contribution in [0.5, 0.6) is 11.5 Å². The topological polar surface area (TPSA) is 60.9 Å². The molecule has 2 heterocycles. The van der Waals surface area contributed by atoms with Gasteiger partial charge in [-0.25, -0.2) is 4.98 Å². The molecule has 29 heavy (non-hydrogen) atoms. The number of carbonyl (C=O) groups excluding carboxylic acids is 1. The molecular formula is C21H21ClN2O4S.